The Morgan fingerprint density at radius 2 is 1.81 bits per heavy atom. The van der Waals surface area contributed by atoms with Crippen molar-refractivity contribution in [2.24, 2.45) is 4.99 Å². The van der Waals surface area contributed by atoms with E-state index in [1.165, 1.54) is 24.1 Å². The second-order valence-corrected chi connectivity index (χ2v) is 6.41. The summed E-state index contributed by atoms with van der Waals surface area (Å²) in [4.78, 5) is 7.24. The van der Waals surface area contributed by atoms with E-state index in [1.807, 2.05) is 0 Å². The number of morpholine rings is 1. The molecule has 1 aliphatic rings. The van der Waals surface area contributed by atoms with E-state index in [2.05, 4.69) is 53.6 Å². The van der Waals surface area contributed by atoms with Crippen molar-refractivity contribution >= 4 is 29.9 Å². The van der Waals surface area contributed by atoms with Gasteiger partial charge in [-0.1, -0.05) is 31.2 Å². The van der Waals surface area contributed by atoms with Crippen LogP contribution in [0, 0.1) is 0 Å². The van der Waals surface area contributed by atoms with Crippen LogP contribution in [0.5, 0.6) is 0 Å². The highest BCUT2D eigenvalue weighted by Crippen LogP contribution is 2.10. The molecule has 0 unspecified atom stereocenters. The highest BCUT2D eigenvalue weighted by molar-refractivity contribution is 14.0. The molecule has 1 aromatic carbocycles. The van der Waals surface area contributed by atoms with E-state index >= 15 is 0 Å². The molecule has 0 atom stereocenters. The molecule has 2 N–H and O–H groups in total. The van der Waals surface area contributed by atoms with Crippen LogP contribution in [-0.2, 0) is 17.7 Å². The lowest BCUT2D eigenvalue weighted by atomic mass is 10.1. The van der Waals surface area contributed by atoms with E-state index in [1.54, 1.807) is 0 Å². The van der Waals surface area contributed by atoms with Gasteiger partial charge in [-0.25, -0.2) is 4.99 Å². The van der Waals surface area contributed by atoms with Crippen LogP contribution in [0.3, 0.4) is 0 Å². The molecule has 0 aromatic heterocycles. The topological polar surface area (TPSA) is 48.9 Å². The smallest absolute Gasteiger partial charge is 0.191 e. The van der Waals surface area contributed by atoms with Crippen molar-refractivity contribution in [2.75, 3.05) is 45.9 Å². The standard InChI is InChI=1S/C20H34N4O.HI/c1-3-18-9-5-6-10-19(18)17-23-20(21-4-2)22-11-7-8-12-24-13-15-25-16-14-24;/h5-6,9-10H,3-4,7-8,11-17H2,1-2H3,(H2,21,22,23);1H. The minimum absolute atomic E-state index is 0. The molecule has 6 heteroatoms. The van der Waals surface area contributed by atoms with Crippen LogP contribution in [0.2, 0.25) is 0 Å². The minimum Gasteiger partial charge on any atom is -0.379 e. The summed E-state index contributed by atoms with van der Waals surface area (Å²) in [5.74, 6) is 0.916. The molecule has 0 radical (unpaired) electrons. The predicted molar refractivity (Wildman–Crippen MR) is 121 cm³/mol. The average molecular weight is 474 g/mol. The van der Waals surface area contributed by atoms with Gasteiger partial charge < -0.3 is 15.4 Å². The largest absolute Gasteiger partial charge is 0.379 e. The lowest BCUT2D eigenvalue weighted by Crippen LogP contribution is -2.39. The quantitative estimate of drug-likeness (QED) is 0.250. The Hall–Kier alpha value is -0.860. The number of rotatable bonds is 9. The lowest BCUT2D eigenvalue weighted by molar-refractivity contribution is 0.0372. The molecule has 0 aliphatic carbocycles. The highest BCUT2D eigenvalue weighted by Gasteiger charge is 2.09. The van der Waals surface area contributed by atoms with Gasteiger partial charge >= 0.3 is 0 Å². The Morgan fingerprint density at radius 3 is 2.50 bits per heavy atom. The summed E-state index contributed by atoms with van der Waals surface area (Å²) in [7, 11) is 0. The zero-order valence-electron chi connectivity index (χ0n) is 16.3. The second kappa shape index (κ2) is 14.2. The predicted octanol–water partition coefficient (Wildman–Crippen LogP) is 3.03. The van der Waals surface area contributed by atoms with Gasteiger partial charge in [0.1, 0.15) is 0 Å². The summed E-state index contributed by atoms with van der Waals surface area (Å²) in [6.45, 7) is 12.0. The normalized spacial score (nSPS) is 15.4. The van der Waals surface area contributed by atoms with Crippen LogP contribution in [-0.4, -0.2) is 56.8 Å². The fraction of sp³-hybridized carbons (Fsp3) is 0.650. The molecule has 1 heterocycles. The van der Waals surface area contributed by atoms with Gasteiger partial charge in [-0.15, -0.1) is 24.0 Å². The first-order valence-corrected chi connectivity index (χ1v) is 9.72. The molecule has 148 valence electrons. The Bertz CT molecular complexity index is 518. The van der Waals surface area contributed by atoms with E-state index in [0.717, 1.165) is 64.7 Å². The van der Waals surface area contributed by atoms with Gasteiger partial charge in [0, 0.05) is 26.2 Å². The molecule has 0 amide bonds. The van der Waals surface area contributed by atoms with Gasteiger partial charge in [0.05, 0.1) is 19.8 Å². The first-order valence-electron chi connectivity index (χ1n) is 9.72. The molecule has 1 aliphatic heterocycles. The fourth-order valence-corrected chi connectivity index (χ4v) is 3.05. The Balaban J connectivity index is 0.00000338. The number of hydrogen-bond acceptors (Lipinski definition) is 3. The maximum absolute atomic E-state index is 5.39. The maximum atomic E-state index is 5.39. The van der Waals surface area contributed by atoms with Crippen molar-refractivity contribution < 1.29 is 4.74 Å². The van der Waals surface area contributed by atoms with Gasteiger partial charge in [-0.3, -0.25) is 4.90 Å². The van der Waals surface area contributed by atoms with E-state index in [9.17, 15) is 0 Å². The number of unbranched alkanes of at least 4 members (excludes halogenated alkanes) is 1. The molecule has 5 nitrogen and oxygen atoms in total. The molecular formula is C20H35IN4O. The summed E-state index contributed by atoms with van der Waals surface area (Å²) in [6, 6.07) is 8.56. The SMILES string of the molecule is CCNC(=NCc1ccccc1CC)NCCCCN1CCOCC1.I. The molecule has 0 bridgehead atoms. The fourth-order valence-electron chi connectivity index (χ4n) is 3.05. The molecule has 1 saturated heterocycles. The molecule has 2 rings (SSSR count). The van der Waals surface area contributed by atoms with Crippen molar-refractivity contribution in [3.05, 3.63) is 35.4 Å². The number of nitrogens with one attached hydrogen (secondary N) is 2. The molecule has 0 spiro atoms. The molecule has 0 saturated carbocycles. The first kappa shape index (κ1) is 23.2. The number of ether oxygens (including phenoxy) is 1. The van der Waals surface area contributed by atoms with Crippen LogP contribution in [0.25, 0.3) is 0 Å². The number of benzene rings is 1. The minimum atomic E-state index is 0. The third kappa shape index (κ3) is 8.68. The summed E-state index contributed by atoms with van der Waals surface area (Å²) in [6.07, 6.45) is 3.43. The zero-order chi connectivity index (χ0) is 17.7. The summed E-state index contributed by atoms with van der Waals surface area (Å²) in [5, 5.41) is 6.80. The Labute approximate surface area is 176 Å². The third-order valence-electron chi connectivity index (χ3n) is 4.55. The van der Waals surface area contributed by atoms with Gasteiger partial charge in [-0.05, 0) is 43.9 Å². The van der Waals surface area contributed by atoms with Crippen molar-refractivity contribution in [3.8, 4) is 0 Å². The first-order chi connectivity index (χ1) is 12.3. The van der Waals surface area contributed by atoms with Crippen molar-refractivity contribution in [1.29, 1.82) is 0 Å². The summed E-state index contributed by atoms with van der Waals surface area (Å²) >= 11 is 0. The third-order valence-corrected chi connectivity index (χ3v) is 4.55. The van der Waals surface area contributed by atoms with Crippen LogP contribution in [0.1, 0.15) is 37.8 Å². The maximum Gasteiger partial charge on any atom is 0.191 e. The van der Waals surface area contributed by atoms with Crippen LogP contribution in [0.15, 0.2) is 29.3 Å². The van der Waals surface area contributed by atoms with Gasteiger partial charge in [0.25, 0.3) is 0 Å². The number of hydrogen-bond donors (Lipinski definition) is 2. The van der Waals surface area contributed by atoms with Crippen molar-refractivity contribution in [2.45, 2.75) is 39.7 Å². The van der Waals surface area contributed by atoms with Crippen molar-refractivity contribution in [3.63, 3.8) is 0 Å². The average Bonchev–Trinajstić information content (AvgIpc) is 2.66. The Kier molecular flexibility index (Phi) is 12.7. The molecule has 26 heavy (non-hydrogen) atoms. The number of aliphatic imine (C=N–C) groups is 1. The number of halogens is 1. The van der Waals surface area contributed by atoms with E-state index in [4.69, 9.17) is 9.73 Å². The lowest BCUT2D eigenvalue weighted by Gasteiger charge is -2.26. The van der Waals surface area contributed by atoms with Gasteiger partial charge in [0.15, 0.2) is 5.96 Å². The van der Waals surface area contributed by atoms with E-state index in [0.29, 0.717) is 0 Å². The van der Waals surface area contributed by atoms with Crippen LogP contribution in [0.4, 0.5) is 0 Å². The number of guanidine groups is 1. The Morgan fingerprint density at radius 1 is 1.08 bits per heavy atom. The summed E-state index contributed by atoms with van der Waals surface area (Å²) < 4.78 is 5.39. The summed E-state index contributed by atoms with van der Waals surface area (Å²) in [5.41, 5.74) is 2.70. The van der Waals surface area contributed by atoms with Crippen molar-refractivity contribution in [1.82, 2.24) is 15.5 Å². The highest BCUT2D eigenvalue weighted by atomic mass is 127. The van der Waals surface area contributed by atoms with Crippen LogP contribution < -0.4 is 10.6 Å². The van der Waals surface area contributed by atoms with E-state index in [-0.39, 0.29) is 24.0 Å². The molecule has 1 aromatic rings. The van der Waals surface area contributed by atoms with Crippen LogP contribution >= 0.6 is 24.0 Å². The zero-order valence-corrected chi connectivity index (χ0v) is 18.6. The van der Waals surface area contributed by atoms with Gasteiger partial charge in [0.2, 0.25) is 0 Å². The monoisotopic (exact) mass is 474 g/mol. The molecular weight excluding hydrogens is 439 g/mol. The van der Waals surface area contributed by atoms with Gasteiger partial charge in [-0.2, -0.15) is 0 Å². The van der Waals surface area contributed by atoms with E-state index < -0.39 is 0 Å². The number of nitrogens with zero attached hydrogens (tertiary/aromatic N) is 2. The second-order valence-electron chi connectivity index (χ2n) is 6.41. The molecule has 1 fully saturated rings. The number of aryl methyl sites for hydroxylation is 1.